The highest BCUT2D eigenvalue weighted by Crippen LogP contribution is 2.55. The molecule has 2 fully saturated rings. The fourth-order valence-electron chi connectivity index (χ4n) is 1.71. The molecule has 2 heteroatoms. The van der Waals surface area contributed by atoms with Gasteiger partial charge in [0.15, 0.2) is 0 Å². The van der Waals surface area contributed by atoms with Crippen LogP contribution in [0, 0.1) is 11.3 Å². The van der Waals surface area contributed by atoms with E-state index in [9.17, 15) is 4.79 Å². The maximum atomic E-state index is 10.8. The Morgan fingerprint density at radius 3 is 3.11 bits per heavy atom. The number of fused-ring (bicyclic) bond motifs is 1. The molecule has 2 aliphatic rings. The minimum atomic E-state index is 0.242. The number of piperidine rings is 1. The molecule has 2 rings (SSSR count). The second-order valence-corrected chi connectivity index (χ2v) is 3.54. The fourth-order valence-corrected chi connectivity index (χ4v) is 1.71. The Kier molecular flexibility index (Phi) is 0.765. The van der Waals surface area contributed by atoms with Crippen LogP contribution in [-0.2, 0) is 4.79 Å². The number of carbonyl (C=O) groups excluding carboxylic acids is 1. The molecular weight excluding hydrogens is 114 g/mol. The first-order chi connectivity index (χ1) is 4.21. The monoisotopic (exact) mass is 125 g/mol. The molecule has 2 atom stereocenters. The van der Waals surface area contributed by atoms with E-state index in [1.807, 2.05) is 0 Å². The molecule has 9 heavy (non-hydrogen) atoms. The molecule has 0 aromatic heterocycles. The molecule has 0 unspecified atom stereocenters. The van der Waals surface area contributed by atoms with Crippen LogP contribution in [0.5, 0.6) is 0 Å². The van der Waals surface area contributed by atoms with E-state index in [0.29, 0.717) is 5.41 Å². The summed E-state index contributed by atoms with van der Waals surface area (Å²) in [6.45, 7) is 3.13. The largest absolute Gasteiger partial charge is 0.356 e. The SMILES string of the molecule is C[C@]12CC(=O)NC[C@H]1C2. The van der Waals surface area contributed by atoms with Gasteiger partial charge in [0.05, 0.1) is 0 Å². The second kappa shape index (κ2) is 1.31. The van der Waals surface area contributed by atoms with Crippen molar-refractivity contribution in [1.29, 1.82) is 0 Å². The van der Waals surface area contributed by atoms with Crippen LogP contribution in [0.4, 0.5) is 0 Å². The first-order valence-corrected chi connectivity index (χ1v) is 3.47. The molecule has 0 aromatic carbocycles. The van der Waals surface area contributed by atoms with Crippen molar-refractivity contribution in [3.63, 3.8) is 0 Å². The Balaban J connectivity index is 2.11. The molecule has 1 N–H and O–H groups in total. The van der Waals surface area contributed by atoms with Crippen LogP contribution >= 0.6 is 0 Å². The lowest BCUT2D eigenvalue weighted by Crippen LogP contribution is -2.33. The first-order valence-electron chi connectivity index (χ1n) is 3.47. The molecule has 1 aliphatic heterocycles. The Labute approximate surface area is 54.6 Å². The van der Waals surface area contributed by atoms with Gasteiger partial charge >= 0.3 is 0 Å². The molecule has 0 radical (unpaired) electrons. The fraction of sp³-hybridized carbons (Fsp3) is 0.857. The predicted molar refractivity (Wildman–Crippen MR) is 33.8 cm³/mol. The zero-order valence-electron chi connectivity index (χ0n) is 5.61. The predicted octanol–water partition coefficient (Wildman–Crippen LogP) is 0.532. The van der Waals surface area contributed by atoms with Gasteiger partial charge in [-0.2, -0.15) is 0 Å². The lowest BCUT2D eigenvalue weighted by molar-refractivity contribution is -0.123. The lowest BCUT2D eigenvalue weighted by atomic mass is 9.99. The average molecular weight is 125 g/mol. The zero-order chi connectivity index (χ0) is 6.48. The third-order valence-corrected chi connectivity index (χ3v) is 2.65. The van der Waals surface area contributed by atoms with Crippen LogP contribution in [0.1, 0.15) is 19.8 Å². The number of hydrogen-bond donors (Lipinski definition) is 1. The van der Waals surface area contributed by atoms with Crippen LogP contribution in [0.2, 0.25) is 0 Å². The summed E-state index contributed by atoms with van der Waals surface area (Å²) in [7, 11) is 0. The topological polar surface area (TPSA) is 29.1 Å². The van der Waals surface area contributed by atoms with E-state index in [4.69, 9.17) is 0 Å². The summed E-state index contributed by atoms with van der Waals surface area (Å²) in [5.41, 5.74) is 0.405. The Hall–Kier alpha value is -0.530. The molecule has 0 aromatic rings. The molecule has 50 valence electrons. The number of rotatable bonds is 0. The zero-order valence-corrected chi connectivity index (χ0v) is 5.61. The average Bonchev–Trinajstić information content (AvgIpc) is 2.38. The summed E-state index contributed by atoms with van der Waals surface area (Å²) in [5, 5.41) is 2.86. The van der Waals surface area contributed by atoms with Crippen molar-refractivity contribution in [1.82, 2.24) is 5.32 Å². The molecule has 0 bridgehead atoms. The number of hydrogen-bond acceptors (Lipinski definition) is 1. The smallest absolute Gasteiger partial charge is 0.220 e. The van der Waals surface area contributed by atoms with Gasteiger partial charge in [-0.05, 0) is 17.8 Å². The molecule has 1 saturated carbocycles. The summed E-state index contributed by atoms with van der Waals surface area (Å²) in [6.07, 6.45) is 2.02. The molecule has 1 aliphatic carbocycles. The van der Waals surface area contributed by atoms with Gasteiger partial charge in [0.1, 0.15) is 0 Å². The minimum Gasteiger partial charge on any atom is -0.356 e. The van der Waals surface area contributed by atoms with Gasteiger partial charge in [-0.15, -0.1) is 0 Å². The van der Waals surface area contributed by atoms with Crippen LogP contribution in [0.3, 0.4) is 0 Å². The van der Waals surface area contributed by atoms with E-state index in [1.165, 1.54) is 6.42 Å². The van der Waals surface area contributed by atoms with Gasteiger partial charge in [-0.1, -0.05) is 6.92 Å². The third kappa shape index (κ3) is 0.655. The maximum absolute atomic E-state index is 10.8. The van der Waals surface area contributed by atoms with Gasteiger partial charge in [-0.25, -0.2) is 0 Å². The van der Waals surface area contributed by atoms with E-state index in [-0.39, 0.29) is 5.91 Å². The summed E-state index contributed by atoms with van der Waals surface area (Å²) in [4.78, 5) is 10.8. The van der Waals surface area contributed by atoms with Crippen molar-refractivity contribution in [2.75, 3.05) is 6.54 Å². The standard InChI is InChI=1S/C7H11NO/c1-7-2-5(7)4-8-6(9)3-7/h5H,2-4H2,1H3,(H,8,9)/t5-,7+/m1/s1. The molecule has 1 heterocycles. The van der Waals surface area contributed by atoms with E-state index in [2.05, 4.69) is 12.2 Å². The van der Waals surface area contributed by atoms with Gasteiger partial charge in [0, 0.05) is 13.0 Å². The van der Waals surface area contributed by atoms with Gasteiger partial charge in [0.25, 0.3) is 0 Å². The van der Waals surface area contributed by atoms with E-state index in [0.717, 1.165) is 18.9 Å². The number of carbonyl (C=O) groups is 1. The summed E-state index contributed by atoms with van der Waals surface area (Å²) < 4.78 is 0. The Morgan fingerprint density at radius 2 is 2.56 bits per heavy atom. The molecule has 2 nitrogen and oxygen atoms in total. The number of nitrogens with one attached hydrogen (secondary N) is 1. The molecular formula is C7H11NO. The van der Waals surface area contributed by atoms with E-state index < -0.39 is 0 Å². The van der Waals surface area contributed by atoms with Crippen molar-refractivity contribution in [3.8, 4) is 0 Å². The van der Waals surface area contributed by atoms with Crippen molar-refractivity contribution in [2.24, 2.45) is 11.3 Å². The van der Waals surface area contributed by atoms with Gasteiger partial charge in [-0.3, -0.25) is 4.79 Å². The van der Waals surface area contributed by atoms with Crippen LogP contribution < -0.4 is 5.32 Å². The lowest BCUT2D eigenvalue weighted by Gasteiger charge is -2.16. The van der Waals surface area contributed by atoms with Crippen molar-refractivity contribution < 1.29 is 4.79 Å². The Morgan fingerprint density at radius 1 is 1.78 bits per heavy atom. The summed E-state index contributed by atoms with van der Waals surface area (Å²) in [6, 6.07) is 0. The highest BCUT2D eigenvalue weighted by atomic mass is 16.1. The van der Waals surface area contributed by atoms with Crippen molar-refractivity contribution >= 4 is 5.91 Å². The molecule has 1 saturated heterocycles. The van der Waals surface area contributed by atoms with Crippen LogP contribution in [0.25, 0.3) is 0 Å². The van der Waals surface area contributed by atoms with E-state index in [1.54, 1.807) is 0 Å². The maximum Gasteiger partial charge on any atom is 0.220 e. The summed E-state index contributed by atoms with van der Waals surface area (Å²) in [5.74, 6) is 1.04. The van der Waals surface area contributed by atoms with E-state index >= 15 is 0 Å². The van der Waals surface area contributed by atoms with Gasteiger partial charge in [0.2, 0.25) is 5.91 Å². The normalized spacial score (nSPS) is 47.7. The Bertz CT molecular complexity index is 166. The first kappa shape index (κ1) is 5.27. The minimum absolute atomic E-state index is 0.242. The highest BCUT2D eigenvalue weighted by Gasteiger charge is 2.53. The third-order valence-electron chi connectivity index (χ3n) is 2.65. The van der Waals surface area contributed by atoms with Crippen molar-refractivity contribution in [2.45, 2.75) is 19.8 Å². The van der Waals surface area contributed by atoms with Crippen molar-refractivity contribution in [3.05, 3.63) is 0 Å². The second-order valence-electron chi connectivity index (χ2n) is 3.54. The van der Waals surface area contributed by atoms with Gasteiger partial charge < -0.3 is 5.32 Å². The quantitative estimate of drug-likeness (QED) is 0.502. The molecule has 1 amide bonds. The van der Waals surface area contributed by atoms with Crippen LogP contribution in [-0.4, -0.2) is 12.5 Å². The molecule has 0 spiro atoms. The summed E-state index contributed by atoms with van der Waals surface area (Å²) >= 11 is 0. The van der Waals surface area contributed by atoms with Crippen LogP contribution in [0.15, 0.2) is 0 Å². The number of amides is 1. The highest BCUT2D eigenvalue weighted by molar-refractivity contribution is 5.78.